The Hall–Kier alpha value is -2.79. The van der Waals surface area contributed by atoms with Crippen LogP contribution in [0.15, 0.2) is 48.5 Å². The van der Waals surface area contributed by atoms with E-state index < -0.39 is 0 Å². The molecule has 0 radical (unpaired) electrons. The molecule has 3 aromatic rings. The van der Waals surface area contributed by atoms with Crippen molar-refractivity contribution < 1.29 is 14.2 Å². The van der Waals surface area contributed by atoms with Gasteiger partial charge in [0, 0.05) is 17.7 Å². The van der Waals surface area contributed by atoms with Gasteiger partial charge in [-0.15, -0.1) is 0 Å². The van der Waals surface area contributed by atoms with E-state index in [1.165, 1.54) is 0 Å². The third-order valence-corrected chi connectivity index (χ3v) is 4.27. The van der Waals surface area contributed by atoms with Crippen molar-refractivity contribution in [2.75, 3.05) is 20.8 Å². The molecule has 1 unspecified atom stereocenters. The van der Waals surface area contributed by atoms with Gasteiger partial charge < -0.3 is 19.2 Å². The van der Waals surface area contributed by atoms with Crippen molar-refractivity contribution >= 4 is 0 Å². The molecular formula is C21H24N2O3. The molecule has 3 rings (SSSR count). The first-order valence-corrected chi connectivity index (χ1v) is 8.66. The lowest BCUT2D eigenvalue weighted by molar-refractivity contribution is 0.0707. The van der Waals surface area contributed by atoms with Gasteiger partial charge >= 0.3 is 0 Å². The molecule has 0 saturated heterocycles. The Balaban J connectivity index is 2.07. The van der Waals surface area contributed by atoms with Crippen LogP contribution in [0.1, 0.15) is 25.8 Å². The quantitative estimate of drug-likeness (QED) is 0.660. The van der Waals surface area contributed by atoms with Crippen LogP contribution in [0.5, 0.6) is 11.5 Å². The number of aromatic amines is 1. The third kappa shape index (κ3) is 3.73. The third-order valence-electron chi connectivity index (χ3n) is 4.27. The van der Waals surface area contributed by atoms with Gasteiger partial charge in [-0.1, -0.05) is 0 Å². The summed E-state index contributed by atoms with van der Waals surface area (Å²) in [5.74, 6) is 2.45. The molecule has 0 fully saturated rings. The van der Waals surface area contributed by atoms with E-state index in [2.05, 4.69) is 4.98 Å². The number of methoxy groups -OCH3 is 2. The van der Waals surface area contributed by atoms with Crippen molar-refractivity contribution in [3.8, 4) is 34.0 Å². The molecule has 5 nitrogen and oxygen atoms in total. The number of nitrogens with zero attached hydrogens (tertiary/aromatic N) is 1. The minimum atomic E-state index is -0.107. The van der Waals surface area contributed by atoms with Crippen LogP contribution < -0.4 is 9.47 Å². The van der Waals surface area contributed by atoms with Crippen molar-refractivity contribution in [3.05, 3.63) is 54.4 Å². The number of ether oxygens (including phenoxy) is 3. The Labute approximate surface area is 154 Å². The van der Waals surface area contributed by atoms with Crippen molar-refractivity contribution in [2.24, 2.45) is 0 Å². The summed E-state index contributed by atoms with van der Waals surface area (Å²) in [4.78, 5) is 8.26. The summed E-state index contributed by atoms with van der Waals surface area (Å²) >= 11 is 0. The predicted octanol–water partition coefficient (Wildman–Crippen LogP) is 4.86. The van der Waals surface area contributed by atoms with Crippen LogP contribution in [0.2, 0.25) is 0 Å². The summed E-state index contributed by atoms with van der Waals surface area (Å²) < 4.78 is 16.2. The van der Waals surface area contributed by atoms with Gasteiger partial charge in [0.1, 0.15) is 23.4 Å². The number of hydrogen-bond acceptors (Lipinski definition) is 4. The fraction of sp³-hybridized carbons (Fsp3) is 0.286. The normalized spacial score (nSPS) is 12.0. The molecule has 1 aromatic heterocycles. The van der Waals surface area contributed by atoms with Gasteiger partial charge in [-0.25, -0.2) is 4.98 Å². The molecule has 0 amide bonds. The predicted molar refractivity (Wildman–Crippen MR) is 103 cm³/mol. The van der Waals surface area contributed by atoms with E-state index in [1.54, 1.807) is 14.2 Å². The van der Waals surface area contributed by atoms with Crippen LogP contribution >= 0.6 is 0 Å². The van der Waals surface area contributed by atoms with E-state index in [9.17, 15) is 0 Å². The van der Waals surface area contributed by atoms with E-state index in [0.29, 0.717) is 6.61 Å². The second-order valence-electron chi connectivity index (χ2n) is 5.90. The van der Waals surface area contributed by atoms with Crippen molar-refractivity contribution in [3.63, 3.8) is 0 Å². The summed E-state index contributed by atoms with van der Waals surface area (Å²) in [7, 11) is 3.32. The van der Waals surface area contributed by atoms with Crippen LogP contribution in [0.3, 0.4) is 0 Å². The maximum absolute atomic E-state index is 5.71. The minimum absolute atomic E-state index is 0.107. The largest absolute Gasteiger partial charge is 0.497 e. The lowest BCUT2D eigenvalue weighted by Gasteiger charge is -2.07. The fourth-order valence-corrected chi connectivity index (χ4v) is 2.84. The monoisotopic (exact) mass is 352 g/mol. The Kier molecular flexibility index (Phi) is 5.58. The second-order valence-corrected chi connectivity index (χ2v) is 5.90. The van der Waals surface area contributed by atoms with Gasteiger partial charge in [0.05, 0.1) is 25.6 Å². The van der Waals surface area contributed by atoms with E-state index in [-0.39, 0.29) is 6.10 Å². The number of hydrogen-bond donors (Lipinski definition) is 1. The lowest BCUT2D eigenvalue weighted by Crippen LogP contribution is -2.01. The molecule has 0 aliphatic rings. The minimum Gasteiger partial charge on any atom is -0.497 e. The molecule has 26 heavy (non-hydrogen) atoms. The highest BCUT2D eigenvalue weighted by molar-refractivity contribution is 5.79. The smallest absolute Gasteiger partial charge is 0.136 e. The van der Waals surface area contributed by atoms with E-state index >= 15 is 0 Å². The van der Waals surface area contributed by atoms with Crippen LogP contribution in [-0.2, 0) is 4.74 Å². The van der Waals surface area contributed by atoms with Gasteiger partial charge in [0.25, 0.3) is 0 Å². The Morgan fingerprint density at radius 3 is 1.92 bits per heavy atom. The number of rotatable bonds is 7. The van der Waals surface area contributed by atoms with Crippen LogP contribution in [0.25, 0.3) is 22.5 Å². The summed E-state index contributed by atoms with van der Waals surface area (Å²) in [5.41, 5.74) is 3.90. The van der Waals surface area contributed by atoms with E-state index in [1.807, 2.05) is 62.4 Å². The average Bonchev–Trinajstić information content (AvgIpc) is 3.14. The summed E-state index contributed by atoms with van der Waals surface area (Å²) in [6, 6.07) is 15.8. The van der Waals surface area contributed by atoms with Gasteiger partial charge in [-0.3, -0.25) is 0 Å². The maximum atomic E-state index is 5.71. The molecule has 136 valence electrons. The molecule has 0 bridgehead atoms. The number of benzene rings is 2. The number of aromatic nitrogens is 2. The van der Waals surface area contributed by atoms with Gasteiger partial charge in [0.2, 0.25) is 0 Å². The van der Waals surface area contributed by atoms with Gasteiger partial charge in [-0.2, -0.15) is 0 Å². The second kappa shape index (κ2) is 8.06. The van der Waals surface area contributed by atoms with Crippen LogP contribution in [-0.4, -0.2) is 30.8 Å². The topological polar surface area (TPSA) is 56.4 Å². The number of H-pyrrole nitrogens is 1. The van der Waals surface area contributed by atoms with Crippen molar-refractivity contribution in [1.29, 1.82) is 0 Å². The number of imidazole rings is 1. The standard InChI is InChI=1S/C21H24N2O3/c1-5-26-14(2)21-22-19(15-6-10-17(24-3)11-7-15)20(23-21)16-8-12-18(25-4)13-9-16/h6-14H,5H2,1-4H3,(H,22,23). The molecule has 5 heteroatoms. The molecule has 1 N–H and O–H groups in total. The number of nitrogens with one attached hydrogen (secondary N) is 1. The highest BCUT2D eigenvalue weighted by atomic mass is 16.5. The Morgan fingerprint density at radius 1 is 0.885 bits per heavy atom. The van der Waals surface area contributed by atoms with Crippen LogP contribution in [0.4, 0.5) is 0 Å². The molecule has 0 aliphatic carbocycles. The van der Waals surface area contributed by atoms with E-state index in [0.717, 1.165) is 39.8 Å². The first-order valence-electron chi connectivity index (χ1n) is 8.66. The lowest BCUT2D eigenvalue weighted by atomic mass is 10.0. The molecular weight excluding hydrogens is 328 g/mol. The zero-order valence-corrected chi connectivity index (χ0v) is 15.6. The first-order chi connectivity index (χ1) is 12.7. The summed E-state index contributed by atoms with van der Waals surface area (Å²) in [6.07, 6.45) is -0.107. The van der Waals surface area contributed by atoms with Crippen LogP contribution in [0, 0.1) is 0 Å². The van der Waals surface area contributed by atoms with E-state index in [4.69, 9.17) is 19.2 Å². The summed E-state index contributed by atoms with van der Waals surface area (Å²) in [5, 5.41) is 0. The SMILES string of the molecule is CCOC(C)c1nc(-c2ccc(OC)cc2)c(-c2ccc(OC)cc2)[nH]1. The molecule has 1 heterocycles. The Morgan fingerprint density at radius 2 is 1.42 bits per heavy atom. The zero-order valence-electron chi connectivity index (χ0n) is 15.6. The Bertz CT molecular complexity index is 774. The highest BCUT2D eigenvalue weighted by Gasteiger charge is 2.18. The van der Waals surface area contributed by atoms with Crippen molar-refractivity contribution in [1.82, 2.24) is 9.97 Å². The maximum Gasteiger partial charge on any atom is 0.136 e. The highest BCUT2D eigenvalue weighted by Crippen LogP contribution is 2.33. The fourth-order valence-electron chi connectivity index (χ4n) is 2.84. The molecule has 0 saturated carbocycles. The van der Waals surface area contributed by atoms with Gasteiger partial charge in [0.15, 0.2) is 0 Å². The average molecular weight is 352 g/mol. The first kappa shape index (κ1) is 18.0. The van der Waals surface area contributed by atoms with Gasteiger partial charge in [-0.05, 0) is 62.4 Å². The molecule has 1 atom stereocenters. The molecule has 0 spiro atoms. The summed E-state index contributed by atoms with van der Waals surface area (Å²) in [6.45, 7) is 4.61. The zero-order chi connectivity index (χ0) is 18.5. The molecule has 2 aromatic carbocycles. The molecule has 0 aliphatic heterocycles. The van der Waals surface area contributed by atoms with Crippen molar-refractivity contribution in [2.45, 2.75) is 20.0 Å².